The summed E-state index contributed by atoms with van der Waals surface area (Å²) in [6.45, 7) is 9.13. The average molecular weight is 377 g/mol. The van der Waals surface area contributed by atoms with Crippen LogP contribution in [0.5, 0.6) is 0 Å². The molecular weight excluding hydrogens is 348 g/mol. The molecule has 0 radical (unpaired) electrons. The predicted octanol–water partition coefficient (Wildman–Crippen LogP) is 4.86. The maximum absolute atomic E-state index is 12.9. The zero-order valence-electron chi connectivity index (χ0n) is 17.1. The smallest absolute Gasteiger partial charge is 0.171 e. The van der Waals surface area contributed by atoms with Gasteiger partial charge in [-0.1, -0.05) is 26.8 Å². The van der Waals surface area contributed by atoms with E-state index in [0.717, 1.165) is 41.4 Å². The molecule has 2 aromatic rings. The van der Waals surface area contributed by atoms with Crippen molar-refractivity contribution in [3.8, 4) is 0 Å². The lowest BCUT2D eigenvalue weighted by molar-refractivity contribution is 0.0859. The van der Waals surface area contributed by atoms with Gasteiger partial charge in [-0.05, 0) is 38.0 Å². The minimum Gasteiger partial charge on any atom is -0.362 e. The third-order valence-corrected chi connectivity index (χ3v) is 5.58. The predicted molar refractivity (Wildman–Crippen MR) is 114 cm³/mol. The number of rotatable bonds is 3. The second-order valence-electron chi connectivity index (χ2n) is 8.80. The van der Waals surface area contributed by atoms with Gasteiger partial charge in [0.1, 0.15) is 5.82 Å². The van der Waals surface area contributed by atoms with Crippen molar-refractivity contribution >= 4 is 23.0 Å². The Kier molecular flexibility index (Phi) is 4.69. The second-order valence-corrected chi connectivity index (χ2v) is 8.80. The number of aromatic nitrogens is 2. The fourth-order valence-electron chi connectivity index (χ4n) is 3.93. The van der Waals surface area contributed by atoms with Crippen molar-refractivity contribution in [1.82, 2.24) is 9.97 Å². The summed E-state index contributed by atoms with van der Waals surface area (Å²) in [4.78, 5) is 28.0. The number of ketones is 1. The maximum atomic E-state index is 12.9. The van der Waals surface area contributed by atoms with Crippen LogP contribution < -0.4 is 4.90 Å². The van der Waals surface area contributed by atoms with Crippen molar-refractivity contribution in [3.05, 3.63) is 53.5 Å². The first kappa shape index (κ1) is 18.7. The first-order valence-electron chi connectivity index (χ1n) is 10.1. The molecule has 1 atom stereocenters. The Bertz CT molecular complexity index is 961. The highest BCUT2D eigenvalue weighted by molar-refractivity contribution is 6.12. The first-order valence-corrected chi connectivity index (χ1v) is 10.1. The third-order valence-electron chi connectivity index (χ3n) is 5.58. The molecule has 0 saturated carbocycles. The lowest BCUT2D eigenvalue weighted by Gasteiger charge is -2.22. The van der Waals surface area contributed by atoms with Gasteiger partial charge in [0.25, 0.3) is 0 Å². The van der Waals surface area contributed by atoms with Gasteiger partial charge in [-0.25, -0.2) is 9.98 Å². The SMILES string of the molecule is CC1CCCN1c1cc(C2=Nc3c(C(=O)C(C)(C)C)c[nH]c3CC=C2)ccn1. The number of pyridine rings is 1. The van der Waals surface area contributed by atoms with Crippen molar-refractivity contribution in [2.45, 2.75) is 53.0 Å². The number of carbonyl (C=O) groups excluding carboxylic acids is 1. The number of hydrogen-bond donors (Lipinski definition) is 1. The van der Waals surface area contributed by atoms with Crippen LogP contribution in [-0.4, -0.2) is 34.0 Å². The molecule has 5 nitrogen and oxygen atoms in total. The molecule has 4 heterocycles. The summed E-state index contributed by atoms with van der Waals surface area (Å²) < 4.78 is 0. The van der Waals surface area contributed by atoms with Crippen LogP contribution >= 0.6 is 0 Å². The average Bonchev–Trinajstić information content (AvgIpc) is 3.20. The number of hydrogen-bond acceptors (Lipinski definition) is 4. The molecule has 5 heteroatoms. The summed E-state index contributed by atoms with van der Waals surface area (Å²) in [5, 5.41) is 0. The molecule has 146 valence electrons. The number of carbonyl (C=O) groups is 1. The molecule has 0 amide bonds. The molecule has 0 spiro atoms. The van der Waals surface area contributed by atoms with Crippen molar-refractivity contribution < 1.29 is 4.79 Å². The third kappa shape index (κ3) is 3.41. The highest BCUT2D eigenvalue weighted by Crippen LogP contribution is 2.33. The number of aliphatic imine (C=N–C) groups is 1. The highest BCUT2D eigenvalue weighted by Gasteiger charge is 2.28. The quantitative estimate of drug-likeness (QED) is 0.778. The molecule has 1 unspecified atom stereocenters. The van der Waals surface area contributed by atoms with E-state index in [4.69, 9.17) is 4.99 Å². The molecule has 2 aliphatic rings. The number of aromatic amines is 1. The Labute approximate surface area is 166 Å². The fraction of sp³-hybridized carbons (Fsp3) is 0.435. The fourth-order valence-corrected chi connectivity index (χ4v) is 3.93. The van der Waals surface area contributed by atoms with E-state index in [1.54, 1.807) is 0 Å². The number of Topliss-reactive ketones (excluding diaryl/α,β-unsaturated/α-hetero) is 1. The van der Waals surface area contributed by atoms with Crippen LogP contribution in [-0.2, 0) is 6.42 Å². The minimum absolute atomic E-state index is 0.108. The Morgan fingerprint density at radius 2 is 2.14 bits per heavy atom. The van der Waals surface area contributed by atoms with Crippen molar-refractivity contribution in [3.63, 3.8) is 0 Å². The number of H-pyrrole nitrogens is 1. The summed E-state index contributed by atoms with van der Waals surface area (Å²) in [6.07, 6.45) is 11.0. The highest BCUT2D eigenvalue weighted by atomic mass is 16.1. The van der Waals surface area contributed by atoms with E-state index in [9.17, 15) is 4.79 Å². The number of allylic oxidation sites excluding steroid dienone is 2. The molecule has 0 aromatic carbocycles. The summed E-state index contributed by atoms with van der Waals surface area (Å²) in [7, 11) is 0. The summed E-state index contributed by atoms with van der Waals surface area (Å²) in [5.74, 6) is 1.11. The van der Waals surface area contributed by atoms with Gasteiger partial charge in [-0.3, -0.25) is 4.79 Å². The van der Waals surface area contributed by atoms with E-state index < -0.39 is 5.41 Å². The van der Waals surface area contributed by atoms with Crippen molar-refractivity contribution in [2.24, 2.45) is 10.4 Å². The summed E-state index contributed by atoms with van der Waals surface area (Å²) in [5.41, 5.74) is 3.89. The van der Waals surface area contributed by atoms with Gasteiger partial charge in [-0.2, -0.15) is 0 Å². The van der Waals surface area contributed by atoms with E-state index in [0.29, 0.717) is 11.6 Å². The van der Waals surface area contributed by atoms with Crippen LogP contribution in [0.4, 0.5) is 11.5 Å². The minimum atomic E-state index is -0.443. The number of nitrogens with zero attached hydrogens (tertiary/aromatic N) is 3. The van der Waals surface area contributed by atoms with Crippen molar-refractivity contribution in [2.75, 3.05) is 11.4 Å². The monoisotopic (exact) mass is 376 g/mol. The first-order chi connectivity index (χ1) is 13.3. The Balaban J connectivity index is 1.74. The largest absolute Gasteiger partial charge is 0.362 e. The van der Waals surface area contributed by atoms with Crippen LogP contribution in [0.15, 0.2) is 41.7 Å². The second kappa shape index (κ2) is 7.04. The van der Waals surface area contributed by atoms with E-state index in [2.05, 4.69) is 33.9 Å². The topological polar surface area (TPSA) is 61.4 Å². The van der Waals surface area contributed by atoms with Gasteiger partial charge in [-0.15, -0.1) is 0 Å². The standard InChI is InChI=1S/C23H28N4O/c1-15-7-6-12-27(15)20-13-16(10-11-24-20)18-8-5-9-19-21(26-18)17(14-25-19)22(28)23(2,3)4/h5,8,10-11,13-15,25H,6-7,9,12H2,1-4H3. The summed E-state index contributed by atoms with van der Waals surface area (Å²) >= 11 is 0. The zero-order chi connectivity index (χ0) is 19.9. The molecule has 0 bridgehead atoms. The molecule has 2 aliphatic heterocycles. The van der Waals surface area contributed by atoms with Gasteiger partial charge < -0.3 is 9.88 Å². The molecule has 4 rings (SSSR count). The maximum Gasteiger partial charge on any atom is 0.171 e. The van der Waals surface area contributed by atoms with Gasteiger partial charge in [0.15, 0.2) is 5.78 Å². The lowest BCUT2D eigenvalue weighted by Crippen LogP contribution is -2.27. The normalized spacial score (nSPS) is 19.4. The molecule has 28 heavy (non-hydrogen) atoms. The molecule has 1 fully saturated rings. The van der Waals surface area contributed by atoms with Crippen LogP contribution in [0.25, 0.3) is 0 Å². The molecule has 1 saturated heterocycles. The molecule has 1 N–H and O–H groups in total. The Morgan fingerprint density at radius 3 is 2.86 bits per heavy atom. The Morgan fingerprint density at radius 1 is 1.32 bits per heavy atom. The van der Waals surface area contributed by atoms with E-state index >= 15 is 0 Å². The van der Waals surface area contributed by atoms with Crippen molar-refractivity contribution in [1.29, 1.82) is 0 Å². The number of anilines is 1. The Hall–Kier alpha value is -2.69. The lowest BCUT2D eigenvalue weighted by atomic mass is 9.87. The molecule has 2 aromatic heterocycles. The molecule has 0 aliphatic carbocycles. The van der Waals surface area contributed by atoms with Crippen LogP contribution in [0.3, 0.4) is 0 Å². The van der Waals surface area contributed by atoms with Gasteiger partial charge in [0.05, 0.1) is 17.0 Å². The van der Waals surface area contributed by atoms with E-state index in [-0.39, 0.29) is 5.78 Å². The van der Waals surface area contributed by atoms with Gasteiger partial charge in [0.2, 0.25) is 0 Å². The van der Waals surface area contributed by atoms with Crippen LogP contribution in [0.2, 0.25) is 0 Å². The van der Waals surface area contributed by atoms with E-state index in [1.807, 2.05) is 45.3 Å². The molecular formula is C23H28N4O. The van der Waals surface area contributed by atoms with Gasteiger partial charge in [0, 0.05) is 48.1 Å². The van der Waals surface area contributed by atoms with Crippen LogP contribution in [0.1, 0.15) is 62.2 Å². The van der Waals surface area contributed by atoms with Crippen LogP contribution in [0, 0.1) is 5.41 Å². The number of fused-ring (bicyclic) bond motifs is 1. The summed E-state index contributed by atoms with van der Waals surface area (Å²) in [6, 6.07) is 4.63. The zero-order valence-corrected chi connectivity index (χ0v) is 17.1. The van der Waals surface area contributed by atoms with E-state index in [1.165, 1.54) is 12.8 Å². The van der Waals surface area contributed by atoms with Gasteiger partial charge >= 0.3 is 0 Å². The number of nitrogens with one attached hydrogen (secondary N) is 1.